The van der Waals surface area contributed by atoms with Crippen LogP contribution in [-0.2, 0) is 21.6 Å². The summed E-state index contributed by atoms with van der Waals surface area (Å²) >= 11 is 6.10. The molecule has 0 bridgehead atoms. The molecule has 0 aromatic heterocycles. The van der Waals surface area contributed by atoms with Crippen molar-refractivity contribution in [1.82, 2.24) is 4.72 Å². The van der Waals surface area contributed by atoms with Crippen LogP contribution in [0.1, 0.15) is 36.8 Å². The average molecular weight is 447 g/mol. The molecule has 3 rings (SSSR count). The van der Waals surface area contributed by atoms with Crippen LogP contribution < -0.4 is 10.5 Å². The van der Waals surface area contributed by atoms with Gasteiger partial charge in [-0.15, -0.1) is 0 Å². The number of benzene rings is 2. The Morgan fingerprint density at radius 2 is 1.72 bits per heavy atom. The maximum Gasteiger partial charge on any atom is 0.416 e. The standard InChI is InChI=1S/C20H22ClF3N2O2S/c21-16-3-1-2-15(12-16)19(13-25)10-8-17(9-11-19)26-29(27,28)18-6-4-14(5-7-18)20(22,23)24/h1-7,12,17,26H,8-11,13,25H2. The first-order valence-electron chi connectivity index (χ1n) is 9.21. The Morgan fingerprint density at radius 1 is 1.10 bits per heavy atom. The Bertz CT molecular complexity index is 954. The van der Waals surface area contributed by atoms with Crippen LogP contribution in [0.25, 0.3) is 0 Å². The summed E-state index contributed by atoms with van der Waals surface area (Å²) in [6, 6.07) is 10.7. The molecule has 9 heteroatoms. The van der Waals surface area contributed by atoms with Gasteiger partial charge in [-0.1, -0.05) is 23.7 Å². The molecule has 0 spiro atoms. The van der Waals surface area contributed by atoms with Crippen LogP contribution in [0.5, 0.6) is 0 Å². The molecule has 1 fully saturated rings. The van der Waals surface area contributed by atoms with E-state index in [2.05, 4.69) is 4.72 Å². The van der Waals surface area contributed by atoms with E-state index >= 15 is 0 Å². The summed E-state index contributed by atoms with van der Waals surface area (Å²) in [7, 11) is -3.91. The van der Waals surface area contributed by atoms with Crippen molar-refractivity contribution in [2.24, 2.45) is 5.73 Å². The molecule has 3 N–H and O–H groups in total. The van der Waals surface area contributed by atoms with Crippen LogP contribution in [0, 0.1) is 0 Å². The SMILES string of the molecule is NCC1(c2cccc(Cl)c2)CCC(NS(=O)(=O)c2ccc(C(F)(F)F)cc2)CC1. The average Bonchev–Trinajstić information content (AvgIpc) is 2.68. The summed E-state index contributed by atoms with van der Waals surface area (Å²) in [5.74, 6) is 0. The van der Waals surface area contributed by atoms with Crippen molar-refractivity contribution in [3.8, 4) is 0 Å². The topological polar surface area (TPSA) is 72.2 Å². The molecule has 1 aliphatic carbocycles. The molecule has 158 valence electrons. The van der Waals surface area contributed by atoms with Crippen LogP contribution in [0.15, 0.2) is 53.4 Å². The van der Waals surface area contributed by atoms with E-state index in [1.54, 1.807) is 6.07 Å². The summed E-state index contributed by atoms with van der Waals surface area (Å²) in [6.07, 6.45) is -1.99. The zero-order chi connectivity index (χ0) is 21.3. The zero-order valence-electron chi connectivity index (χ0n) is 15.5. The lowest BCUT2D eigenvalue weighted by molar-refractivity contribution is -0.137. The van der Waals surface area contributed by atoms with E-state index in [1.807, 2.05) is 18.2 Å². The number of sulfonamides is 1. The minimum Gasteiger partial charge on any atom is -0.330 e. The normalized spacial score (nSPS) is 23.1. The largest absolute Gasteiger partial charge is 0.416 e. The number of hydrogen-bond acceptors (Lipinski definition) is 3. The van der Waals surface area contributed by atoms with Gasteiger partial charge in [0.15, 0.2) is 0 Å². The van der Waals surface area contributed by atoms with E-state index in [4.69, 9.17) is 17.3 Å². The van der Waals surface area contributed by atoms with E-state index in [-0.39, 0.29) is 16.4 Å². The molecule has 0 amide bonds. The first-order valence-corrected chi connectivity index (χ1v) is 11.1. The minimum atomic E-state index is -4.51. The third-order valence-electron chi connectivity index (χ3n) is 5.58. The van der Waals surface area contributed by atoms with Crippen molar-refractivity contribution in [2.75, 3.05) is 6.54 Å². The van der Waals surface area contributed by atoms with Gasteiger partial charge in [0.1, 0.15) is 0 Å². The van der Waals surface area contributed by atoms with E-state index in [0.29, 0.717) is 37.3 Å². The molecular weight excluding hydrogens is 425 g/mol. The van der Waals surface area contributed by atoms with Gasteiger partial charge in [-0.2, -0.15) is 13.2 Å². The predicted molar refractivity (Wildman–Crippen MR) is 106 cm³/mol. The van der Waals surface area contributed by atoms with Gasteiger partial charge in [0.2, 0.25) is 10.0 Å². The van der Waals surface area contributed by atoms with Gasteiger partial charge in [-0.25, -0.2) is 13.1 Å². The highest BCUT2D eigenvalue weighted by molar-refractivity contribution is 7.89. The van der Waals surface area contributed by atoms with Crippen LogP contribution in [0.4, 0.5) is 13.2 Å². The second-order valence-corrected chi connectivity index (χ2v) is 9.56. The van der Waals surface area contributed by atoms with E-state index < -0.39 is 21.8 Å². The molecule has 1 aliphatic rings. The molecule has 0 saturated heterocycles. The van der Waals surface area contributed by atoms with Crippen molar-refractivity contribution >= 4 is 21.6 Å². The lowest BCUT2D eigenvalue weighted by Crippen LogP contribution is -2.45. The molecular formula is C20H22ClF3N2O2S. The second kappa shape index (κ2) is 8.26. The highest BCUT2D eigenvalue weighted by atomic mass is 35.5. The Kier molecular flexibility index (Phi) is 6.29. The van der Waals surface area contributed by atoms with Crippen LogP contribution in [0.2, 0.25) is 5.02 Å². The van der Waals surface area contributed by atoms with Gasteiger partial charge in [0.05, 0.1) is 10.5 Å². The second-order valence-electron chi connectivity index (χ2n) is 7.41. The van der Waals surface area contributed by atoms with Gasteiger partial charge in [-0.3, -0.25) is 0 Å². The summed E-state index contributed by atoms with van der Waals surface area (Å²) in [5.41, 5.74) is 5.95. The van der Waals surface area contributed by atoms with E-state index in [9.17, 15) is 21.6 Å². The molecule has 0 atom stereocenters. The molecule has 0 aliphatic heterocycles. The Morgan fingerprint density at radius 3 is 2.24 bits per heavy atom. The third kappa shape index (κ3) is 4.94. The number of halogens is 4. The molecule has 0 unspecified atom stereocenters. The smallest absolute Gasteiger partial charge is 0.330 e. The van der Waals surface area contributed by atoms with E-state index in [0.717, 1.165) is 29.8 Å². The Hall–Kier alpha value is -1.61. The highest BCUT2D eigenvalue weighted by Crippen LogP contribution is 2.40. The van der Waals surface area contributed by atoms with Gasteiger partial charge >= 0.3 is 6.18 Å². The Balaban J connectivity index is 1.69. The molecule has 4 nitrogen and oxygen atoms in total. The number of nitrogens with two attached hydrogens (primary N) is 1. The lowest BCUT2D eigenvalue weighted by Gasteiger charge is -2.40. The van der Waals surface area contributed by atoms with Crippen molar-refractivity contribution in [1.29, 1.82) is 0 Å². The van der Waals surface area contributed by atoms with Crippen molar-refractivity contribution in [3.63, 3.8) is 0 Å². The van der Waals surface area contributed by atoms with Gasteiger partial charge in [0.25, 0.3) is 0 Å². The number of rotatable bonds is 5. The van der Waals surface area contributed by atoms with Crippen LogP contribution in [-0.4, -0.2) is 21.0 Å². The molecule has 0 radical (unpaired) electrons. The van der Waals surface area contributed by atoms with Crippen LogP contribution >= 0.6 is 11.6 Å². The van der Waals surface area contributed by atoms with Gasteiger partial charge in [0, 0.05) is 23.0 Å². The number of nitrogens with one attached hydrogen (secondary N) is 1. The summed E-state index contributed by atoms with van der Waals surface area (Å²) < 4.78 is 65.8. The van der Waals surface area contributed by atoms with E-state index in [1.165, 1.54) is 0 Å². The predicted octanol–water partition coefficient (Wildman–Crippen LogP) is 4.48. The fourth-order valence-corrected chi connectivity index (χ4v) is 5.32. The lowest BCUT2D eigenvalue weighted by atomic mass is 9.68. The maximum absolute atomic E-state index is 12.7. The first kappa shape index (κ1) is 22.1. The number of alkyl halides is 3. The fraction of sp³-hybridized carbons (Fsp3) is 0.400. The maximum atomic E-state index is 12.7. The first-order chi connectivity index (χ1) is 13.6. The van der Waals surface area contributed by atoms with Crippen molar-refractivity contribution in [2.45, 2.75) is 48.2 Å². The molecule has 0 heterocycles. The minimum absolute atomic E-state index is 0.184. The van der Waals surface area contributed by atoms with Crippen molar-refractivity contribution in [3.05, 3.63) is 64.7 Å². The number of hydrogen-bond donors (Lipinski definition) is 2. The summed E-state index contributed by atoms with van der Waals surface area (Å²) in [6.45, 7) is 0.422. The molecule has 2 aromatic carbocycles. The quantitative estimate of drug-likeness (QED) is 0.711. The van der Waals surface area contributed by atoms with Crippen molar-refractivity contribution < 1.29 is 21.6 Å². The zero-order valence-corrected chi connectivity index (χ0v) is 17.1. The monoisotopic (exact) mass is 446 g/mol. The summed E-state index contributed by atoms with van der Waals surface area (Å²) in [4.78, 5) is -0.184. The molecule has 2 aromatic rings. The Labute approximate surface area is 173 Å². The van der Waals surface area contributed by atoms with Gasteiger partial charge < -0.3 is 5.73 Å². The van der Waals surface area contributed by atoms with Gasteiger partial charge in [-0.05, 0) is 67.6 Å². The molecule has 29 heavy (non-hydrogen) atoms. The highest BCUT2D eigenvalue weighted by Gasteiger charge is 2.37. The fourth-order valence-electron chi connectivity index (χ4n) is 3.83. The molecule has 1 saturated carbocycles. The van der Waals surface area contributed by atoms with Crippen LogP contribution in [0.3, 0.4) is 0 Å². The summed E-state index contributed by atoms with van der Waals surface area (Å²) in [5, 5.41) is 0.625. The third-order valence-corrected chi connectivity index (χ3v) is 7.36.